The average Bonchev–Trinajstić information content (AvgIpc) is 2.72. The maximum absolute atomic E-state index is 11.9. The van der Waals surface area contributed by atoms with Crippen LogP contribution in [0.25, 0.3) is 0 Å². The van der Waals surface area contributed by atoms with E-state index in [1.165, 1.54) is 0 Å². The molecule has 0 N–H and O–H groups in total. The van der Waals surface area contributed by atoms with Crippen molar-refractivity contribution in [2.24, 2.45) is 5.92 Å². The molecule has 1 atom stereocenters. The second-order valence-corrected chi connectivity index (χ2v) is 4.95. The monoisotopic (exact) mass is 269 g/mol. The Balaban J connectivity index is 3.07. The molecule has 0 spiro atoms. The molecular formula is C13H23N3O3. The predicted octanol–water partition coefficient (Wildman–Crippen LogP) is 1.86. The van der Waals surface area contributed by atoms with Gasteiger partial charge in [-0.3, -0.25) is 0 Å². The van der Waals surface area contributed by atoms with Crippen molar-refractivity contribution in [3.8, 4) is 0 Å². The van der Waals surface area contributed by atoms with Gasteiger partial charge in [0.05, 0.1) is 24.9 Å². The van der Waals surface area contributed by atoms with Crippen LogP contribution in [0.4, 0.5) is 0 Å². The Bertz CT molecular complexity index is 415. The molecule has 0 aliphatic carbocycles. The molecular weight excluding hydrogens is 246 g/mol. The molecule has 0 saturated heterocycles. The summed E-state index contributed by atoms with van der Waals surface area (Å²) in [6.45, 7) is 8.80. The zero-order valence-electron chi connectivity index (χ0n) is 12.3. The van der Waals surface area contributed by atoms with Gasteiger partial charge in [-0.2, -0.15) is 0 Å². The molecule has 1 rings (SSSR count). The topological polar surface area (TPSA) is 66.2 Å². The van der Waals surface area contributed by atoms with Crippen molar-refractivity contribution in [3.63, 3.8) is 0 Å². The highest BCUT2D eigenvalue weighted by atomic mass is 16.5. The first-order valence-electron chi connectivity index (χ1n) is 6.61. The fourth-order valence-corrected chi connectivity index (χ4v) is 1.91. The molecule has 0 aliphatic rings. The third-order valence-corrected chi connectivity index (χ3v) is 2.69. The number of methoxy groups -OCH3 is 1. The molecule has 0 aliphatic heterocycles. The minimum atomic E-state index is -0.408. The first-order valence-corrected chi connectivity index (χ1v) is 6.61. The lowest BCUT2D eigenvalue weighted by molar-refractivity contribution is 0.0517. The molecule has 0 fully saturated rings. The molecule has 0 saturated carbocycles. The van der Waals surface area contributed by atoms with Gasteiger partial charge < -0.3 is 9.47 Å². The van der Waals surface area contributed by atoms with E-state index in [0.29, 0.717) is 24.8 Å². The fourth-order valence-electron chi connectivity index (χ4n) is 1.91. The van der Waals surface area contributed by atoms with E-state index < -0.39 is 5.97 Å². The molecule has 1 aromatic rings. The van der Waals surface area contributed by atoms with Crippen LogP contribution >= 0.6 is 0 Å². The summed E-state index contributed by atoms with van der Waals surface area (Å²) in [5.74, 6) is -0.00538. The van der Waals surface area contributed by atoms with Crippen LogP contribution in [-0.4, -0.2) is 41.3 Å². The maximum Gasteiger partial charge on any atom is 0.360 e. The Morgan fingerprint density at radius 1 is 1.37 bits per heavy atom. The Kier molecular flexibility index (Phi) is 5.95. The van der Waals surface area contributed by atoms with Gasteiger partial charge in [-0.1, -0.05) is 19.1 Å². The number of carbonyl (C=O) groups excluding carboxylic acids is 1. The number of carbonyl (C=O) groups is 1. The Morgan fingerprint density at radius 2 is 2.05 bits per heavy atom. The van der Waals surface area contributed by atoms with Crippen LogP contribution in [-0.2, 0) is 15.9 Å². The predicted molar refractivity (Wildman–Crippen MR) is 71.1 cm³/mol. The molecule has 0 aromatic carbocycles. The SMILES string of the molecule is CCOC(=O)c1nnn(C(C)COC)c1CC(C)C. The van der Waals surface area contributed by atoms with Crippen molar-refractivity contribution in [1.82, 2.24) is 15.0 Å². The van der Waals surface area contributed by atoms with E-state index in [2.05, 4.69) is 24.2 Å². The normalized spacial score (nSPS) is 12.7. The first-order chi connectivity index (χ1) is 9.01. The van der Waals surface area contributed by atoms with Gasteiger partial charge >= 0.3 is 5.97 Å². The van der Waals surface area contributed by atoms with E-state index in [4.69, 9.17) is 9.47 Å². The Labute approximate surface area is 114 Å². The maximum atomic E-state index is 11.9. The minimum Gasteiger partial charge on any atom is -0.461 e. The van der Waals surface area contributed by atoms with Crippen LogP contribution in [0.1, 0.15) is 49.9 Å². The first kappa shape index (κ1) is 15.6. The molecule has 19 heavy (non-hydrogen) atoms. The van der Waals surface area contributed by atoms with Crippen LogP contribution in [0, 0.1) is 5.92 Å². The van der Waals surface area contributed by atoms with Crippen molar-refractivity contribution in [2.75, 3.05) is 20.3 Å². The summed E-state index contributed by atoms with van der Waals surface area (Å²) in [6.07, 6.45) is 0.731. The van der Waals surface area contributed by atoms with Gasteiger partial charge in [0, 0.05) is 7.11 Å². The third-order valence-electron chi connectivity index (χ3n) is 2.69. The summed E-state index contributed by atoms with van der Waals surface area (Å²) < 4.78 is 11.9. The number of rotatable bonds is 7. The van der Waals surface area contributed by atoms with Crippen molar-refractivity contribution >= 4 is 5.97 Å². The zero-order valence-corrected chi connectivity index (χ0v) is 12.3. The van der Waals surface area contributed by atoms with Crippen molar-refractivity contribution in [1.29, 1.82) is 0 Å². The van der Waals surface area contributed by atoms with Gasteiger partial charge in [0.1, 0.15) is 0 Å². The quantitative estimate of drug-likeness (QED) is 0.707. The van der Waals surface area contributed by atoms with Gasteiger partial charge in [0.2, 0.25) is 0 Å². The molecule has 0 bridgehead atoms. The van der Waals surface area contributed by atoms with E-state index in [-0.39, 0.29) is 6.04 Å². The molecule has 6 nitrogen and oxygen atoms in total. The zero-order chi connectivity index (χ0) is 14.4. The van der Waals surface area contributed by atoms with Crippen molar-refractivity contribution in [2.45, 2.75) is 40.2 Å². The van der Waals surface area contributed by atoms with E-state index in [9.17, 15) is 4.79 Å². The van der Waals surface area contributed by atoms with Gasteiger partial charge in [0.15, 0.2) is 5.69 Å². The Hall–Kier alpha value is -1.43. The summed E-state index contributed by atoms with van der Waals surface area (Å²) in [4.78, 5) is 11.9. The standard InChI is InChI=1S/C13H23N3O3/c1-6-19-13(17)12-11(7-9(2)3)16(15-14-12)10(4)8-18-5/h9-10H,6-8H2,1-5H3. The van der Waals surface area contributed by atoms with Crippen molar-refractivity contribution < 1.29 is 14.3 Å². The Morgan fingerprint density at radius 3 is 2.58 bits per heavy atom. The van der Waals surface area contributed by atoms with Crippen molar-refractivity contribution in [3.05, 3.63) is 11.4 Å². The number of hydrogen-bond acceptors (Lipinski definition) is 5. The third kappa shape index (κ3) is 4.02. The number of aromatic nitrogens is 3. The van der Waals surface area contributed by atoms with E-state index in [0.717, 1.165) is 12.1 Å². The van der Waals surface area contributed by atoms with E-state index in [1.54, 1.807) is 18.7 Å². The molecule has 1 unspecified atom stereocenters. The van der Waals surface area contributed by atoms with E-state index >= 15 is 0 Å². The largest absolute Gasteiger partial charge is 0.461 e. The fraction of sp³-hybridized carbons (Fsp3) is 0.769. The minimum absolute atomic E-state index is 0.0365. The second kappa shape index (κ2) is 7.23. The summed E-state index contributed by atoms with van der Waals surface area (Å²) in [5.41, 5.74) is 1.14. The second-order valence-electron chi connectivity index (χ2n) is 4.95. The summed E-state index contributed by atoms with van der Waals surface area (Å²) in [5, 5.41) is 8.05. The number of hydrogen-bond donors (Lipinski definition) is 0. The van der Waals surface area contributed by atoms with Gasteiger partial charge in [-0.05, 0) is 26.2 Å². The molecule has 6 heteroatoms. The highest BCUT2D eigenvalue weighted by molar-refractivity contribution is 5.88. The molecule has 108 valence electrons. The summed E-state index contributed by atoms with van der Waals surface area (Å²) >= 11 is 0. The van der Waals surface area contributed by atoms with Crippen LogP contribution in [0.3, 0.4) is 0 Å². The van der Waals surface area contributed by atoms with Crippen LogP contribution in [0.2, 0.25) is 0 Å². The molecule has 1 heterocycles. The highest BCUT2D eigenvalue weighted by Crippen LogP contribution is 2.17. The van der Waals surface area contributed by atoms with Crippen LogP contribution in [0.15, 0.2) is 0 Å². The van der Waals surface area contributed by atoms with Gasteiger partial charge in [-0.15, -0.1) is 5.10 Å². The molecule has 1 aromatic heterocycles. The highest BCUT2D eigenvalue weighted by Gasteiger charge is 2.23. The van der Waals surface area contributed by atoms with Crippen LogP contribution < -0.4 is 0 Å². The summed E-state index contributed by atoms with van der Waals surface area (Å²) in [6, 6.07) is 0.0365. The van der Waals surface area contributed by atoms with Gasteiger partial charge in [-0.25, -0.2) is 9.48 Å². The van der Waals surface area contributed by atoms with Gasteiger partial charge in [0.25, 0.3) is 0 Å². The number of esters is 1. The summed E-state index contributed by atoms with van der Waals surface area (Å²) in [7, 11) is 1.64. The lowest BCUT2D eigenvalue weighted by atomic mass is 10.1. The lowest BCUT2D eigenvalue weighted by Crippen LogP contribution is -2.18. The smallest absolute Gasteiger partial charge is 0.360 e. The lowest BCUT2D eigenvalue weighted by Gasteiger charge is -2.15. The van der Waals surface area contributed by atoms with Crippen LogP contribution in [0.5, 0.6) is 0 Å². The molecule has 0 amide bonds. The number of nitrogens with zero attached hydrogens (tertiary/aromatic N) is 3. The average molecular weight is 269 g/mol. The molecule has 0 radical (unpaired) electrons. The number of ether oxygens (including phenoxy) is 2. The van der Waals surface area contributed by atoms with E-state index in [1.807, 2.05) is 6.92 Å².